The number of hydrogen-bond donors (Lipinski definition) is 3. The van der Waals surface area contributed by atoms with E-state index in [-0.39, 0.29) is 35.3 Å². The summed E-state index contributed by atoms with van der Waals surface area (Å²) >= 11 is 0. The van der Waals surface area contributed by atoms with Crippen LogP contribution in [0.3, 0.4) is 0 Å². The van der Waals surface area contributed by atoms with E-state index < -0.39 is 11.6 Å². The number of aromatic nitrogens is 7. The third-order valence-electron chi connectivity index (χ3n) is 5.74. The Morgan fingerprint density at radius 2 is 2.03 bits per heavy atom. The monoisotopic (exact) mass is 453 g/mol. The number of H-pyrrole nitrogens is 1. The molecule has 2 atom stereocenters. The molecule has 3 N–H and O–H groups in total. The van der Waals surface area contributed by atoms with Crippen molar-refractivity contribution in [3.05, 3.63) is 48.3 Å². The van der Waals surface area contributed by atoms with E-state index in [1.165, 1.54) is 12.3 Å². The van der Waals surface area contributed by atoms with Crippen molar-refractivity contribution in [1.29, 1.82) is 0 Å². The summed E-state index contributed by atoms with van der Waals surface area (Å²) < 4.78 is 29.8. The zero-order valence-corrected chi connectivity index (χ0v) is 17.7. The number of nitrogens with zero attached hydrogens (tertiary/aromatic N) is 6. The quantitative estimate of drug-likeness (QED) is 0.424. The summed E-state index contributed by atoms with van der Waals surface area (Å²) in [6, 6.07) is 1.12. The highest BCUT2D eigenvalue weighted by Gasteiger charge is 2.26. The lowest BCUT2D eigenvalue weighted by Gasteiger charge is -2.30. The average molecular weight is 453 g/mol. The minimum absolute atomic E-state index is 0.0316. The fourth-order valence-corrected chi connectivity index (χ4v) is 4.11. The second kappa shape index (κ2) is 8.52. The highest BCUT2D eigenvalue weighted by atomic mass is 19.1. The van der Waals surface area contributed by atoms with Gasteiger partial charge in [0, 0.05) is 19.1 Å². The first-order valence-electron chi connectivity index (χ1n) is 10.5. The van der Waals surface area contributed by atoms with Crippen LogP contribution < -0.4 is 10.6 Å². The van der Waals surface area contributed by atoms with Crippen LogP contribution in [0.25, 0.3) is 22.6 Å². The molecule has 0 saturated heterocycles. The summed E-state index contributed by atoms with van der Waals surface area (Å²) in [5.74, 6) is -1.14. The lowest BCUT2D eigenvalue weighted by Crippen LogP contribution is -2.42. The number of anilines is 1. The van der Waals surface area contributed by atoms with Crippen molar-refractivity contribution in [2.24, 2.45) is 7.05 Å². The Bertz CT molecular complexity index is 1320. The molecular formula is C21H21F2N9O. The first-order chi connectivity index (χ1) is 16.0. The Morgan fingerprint density at radius 3 is 2.85 bits per heavy atom. The van der Waals surface area contributed by atoms with E-state index in [0.717, 1.165) is 31.7 Å². The maximum Gasteiger partial charge on any atom is 0.269 e. The Balaban J connectivity index is 1.32. The van der Waals surface area contributed by atoms with E-state index in [2.05, 4.69) is 40.8 Å². The minimum Gasteiger partial charge on any atom is -0.365 e. The molecule has 0 bridgehead atoms. The van der Waals surface area contributed by atoms with Gasteiger partial charge in [0.05, 0.1) is 30.3 Å². The summed E-state index contributed by atoms with van der Waals surface area (Å²) in [6.45, 7) is 0. The Hall–Kier alpha value is -3.96. The van der Waals surface area contributed by atoms with E-state index in [9.17, 15) is 13.6 Å². The van der Waals surface area contributed by atoms with Crippen LogP contribution in [-0.4, -0.2) is 52.7 Å². The van der Waals surface area contributed by atoms with E-state index in [0.29, 0.717) is 23.1 Å². The van der Waals surface area contributed by atoms with E-state index >= 15 is 0 Å². The highest BCUT2D eigenvalue weighted by molar-refractivity contribution is 5.92. The molecule has 0 unspecified atom stereocenters. The second-order valence-electron chi connectivity index (χ2n) is 8.08. The molecule has 1 amide bonds. The number of pyridine rings is 1. The summed E-state index contributed by atoms with van der Waals surface area (Å²) in [4.78, 5) is 28.7. The van der Waals surface area contributed by atoms with Crippen molar-refractivity contribution in [3.8, 4) is 11.5 Å². The van der Waals surface area contributed by atoms with Gasteiger partial charge < -0.3 is 15.2 Å². The normalized spacial score (nSPS) is 18.4. The molecule has 1 saturated carbocycles. The smallest absolute Gasteiger partial charge is 0.269 e. The van der Waals surface area contributed by atoms with Gasteiger partial charge in [-0.25, -0.2) is 28.7 Å². The van der Waals surface area contributed by atoms with Gasteiger partial charge in [0.25, 0.3) is 5.91 Å². The Morgan fingerprint density at radius 1 is 1.18 bits per heavy atom. The lowest BCUT2D eigenvalue weighted by molar-refractivity contribution is 0.0918. The van der Waals surface area contributed by atoms with Gasteiger partial charge in [-0.2, -0.15) is 5.10 Å². The number of carbonyl (C=O) groups is 1. The molecular weight excluding hydrogens is 432 g/mol. The summed E-state index contributed by atoms with van der Waals surface area (Å²) in [5, 5.41) is 13.4. The summed E-state index contributed by atoms with van der Waals surface area (Å²) in [6.07, 6.45) is 8.34. The predicted octanol–water partition coefficient (Wildman–Crippen LogP) is 2.58. The van der Waals surface area contributed by atoms with Crippen molar-refractivity contribution in [2.75, 3.05) is 5.32 Å². The number of hydrogen-bond acceptors (Lipinski definition) is 7. The number of amides is 1. The van der Waals surface area contributed by atoms with E-state index in [4.69, 9.17) is 0 Å². The van der Waals surface area contributed by atoms with Crippen LogP contribution in [0.2, 0.25) is 0 Å². The third-order valence-corrected chi connectivity index (χ3v) is 5.74. The average Bonchev–Trinajstić information content (AvgIpc) is 3.41. The van der Waals surface area contributed by atoms with Gasteiger partial charge in [-0.05, 0) is 31.7 Å². The molecule has 1 aliphatic carbocycles. The molecule has 5 rings (SSSR count). The number of halogens is 2. The molecule has 0 radical (unpaired) electrons. The molecule has 1 aliphatic rings. The number of imidazole rings is 1. The molecule has 0 aliphatic heterocycles. The first kappa shape index (κ1) is 20.9. The number of nitrogens with one attached hydrogen (secondary N) is 3. The Kier molecular flexibility index (Phi) is 5.40. The fraction of sp³-hybridized carbons (Fsp3) is 0.333. The number of fused-ring (bicyclic) bond motifs is 1. The van der Waals surface area contributed by atoms with Crippen LogP contribution >= 0.6 is 0 Å². The van der Waals surface area contributed by atoms with Crippen molar-refractivity contribution in [1.82, 2.24) is 40.0 Å². The van der Waals surface area contributed by atoms with Gasteiger partial charge >= 0.3 is 0 Å². The van der Waals surface area contributed by atoms with E-state index in [1.807, 2.05) is 0 Å². The molecule has 10 nitrogen and oxygen atoms in total. The van der Waals surface area contributed by atoms with Crippen LogP contribution in [-0.2, 0) is 7.05 Å². The maximum atomic E-state index is 14.5. The number of aryl methyl sites for hydroxylation is 1. The van der Waals surface area contributed by atoms with E-state index in [1.54, 1.807) is 17.9 Å². The van der Waals surface area contributed by atoms with Crippen molar-refractivity contribution in [3.63, 3.8) is 0 Å². The fourth-order valence-electron chi connectivity index (χ4n) is 4.11. The van der Waals surface area contributed by atoms with Crippen LogP contribution in [0, 0.1) is 11.6 Å². The summed E-state index contributed by atoms with van der Waals surface area (Å²) in [5.41, 5.74) is 1.15. The molecule has 0 spiro atoms. The third kappa shape index (κ3) is 4.23. The molecule has 170 valence electrons. The molecule has 4 heterocycles. The summed E-state index contributed by atoms with van der Waals surface area (Å²) in [7, 11) is 1.76. The number of carbonyl (C=O) groups excluding carboxylic acids is 1. The molecule has 4 aromatic rings. The zero-order valence-electron chi connectivity index (χ0n) is 17.7. The van der Waals surface area contributed by atoms with Crippen molar-refractivity contribution >= 4 is 22.8 Å². The topological polar surface area (TPSA) is 126 Å². The Labute approximate surface area is 186 Å². The first-order valence-corrected chi connectivity index (χ1v) is 10.5. The maximum absolute atomic E-state index is 14.5. The van der Waals surface area contributed by atoms with Gasteiger partial charge in [-0.1, -0.05) is 0 Å². The minimum atomic E-state index is -0.607. The van der Waals surface area contributed by atoms with Gasteiger partial charge in [0.2, 0.25) is 0 Å². The van der Waals surface area contributed by atoms with Crippen LogP contribution in [0.4, 0.5) is 14.6 Å². The van der Waals surface area contributed by atoms with Crippen LogP contribution in [0.15, 0.2) is 31.0 Å². The number of aromatic amines is 1. The molecule has 4 aromatic heterocycles. The van der Waals surface area contributed by atoms with Crippen LogP contribution in [0.1, 0.15) is 36.2 Å². The van der Waals surface area contributed by atoms with Gasteiger partial charge in [0.15, 0.2) is 23.1 Å². The van der Waals surface area contributed by atoms with Crippen LogP contribution in [0.5, 0.6) is 0 Å². The van der Waals surface area contributed by atoms with Crippen molar-refractivity contribution < 1.29 is 13.6 Å². The molecule has 1 fully saturated rings. The predicted molar refractivity (Wildman–Crippen MR) is 115 cm³/mol. The van der Waals surface area contributed by atoms with Gasteiger partial charge in [-0.3, -0.25) is 9.89 Å². The molecule has 0 aromatic carbocycles. The standard InChI is InChI=1S/C21H21F2N9O/c1-32-10-24-9-16(32)21(33)28-13-4-2-3-12(6-13)27-19-15(23)8-26-20(29-19)17-14-5-11(22)7-25-18(14)31-30-17/h5,7-10,12-13H,2-4,6H2,1H3,(H,28,33)(H,25,30,31)(H,26,27,29)/t12-,13+/m0/s1. The number of rotatable bonds is 5. The van der Waals surface area contributed by atoms with Gasteiger partial charge in [0.1, 0.15) is 17.2 Å². The lowest BCUT2D eigenvalue weighted by atomic mass is 9.91. The SMILES string of the molecule is Cn1cncc1C(=O)N[C@@H]1CCC[C@H](Nc2nc(-c3n[nH]c4ncc(F)cc34)ncc2F)C1. The van der Waals surface area contributed by atoms with Crippen molar-refractivity contribution in [2.45, 2.75) is 37.8 Å². The van der Waals surface area contributed by atoms with Gasteiger partial charge in [-0.15, -0.1) is 0 Å². The molecule has 12 heteroatoms. The largest absolute Gasteiger partial charge is 0.365 e. The molecule has 33 heavy (non-hydrogen) atoms. The highest BCUT2D eigenvalue weighted by Crippen LogP contribution is 2.27. The second-order valence-corrected chi connectivity index (χ2v) is 8.08. The zero-order chi connectivity index (χ0) is 22.9.